The van der Waals surface area contributed by atoms with Crippen LogP contribution in [0.25, 0.3) is 0 Å². The summed E-state index contributed by atoms with van der Waals surface area (Å²) < 4.78 is 5.38. The minimum Gasteiger partial charge on any atom is -0.497 e. The van der Waals surface area contributed by atoms with E-state index < -0.39 is 0 Å². The van der Waals surface area contributed by atoms with Crippen LogP contribution in [0.4, 0.5) is 0 Å². The Morgan fingerprint density at radius 2 is 1.81 bits per heavy atom. The summed E-state index contributed by atoms with van der Waals surface area (Å²) in [6.07, 6.45) is 0.956. The van der Waals surface area contributed by atoms with E-state index in [2.05, 4.69) is 51.7 Å². The number of benzene rings is 1. The van der Waals surface area contributed by atoms with Gasteiger partial charge in [0.1, 0.15) is 5.75 Å². The van der Waals surface area contributed by atoms with Crippen molar-refractivity contribution in [2.45, 2.75) is 52.6 Å². The average molecular weight is 292 g/mol. The highest BCUT2D eigenvalue weighted by Crippen LogP contribution is 2.34. The Hall–Kier alpha value is -1.06. The van der Waals surface area contributed by atoms with Crippen molar-refractivity contribution in [2.75, 3.05) is 20.2 Å². The van der Waals surface area contributed by atoms with Crippen molar-refractivity contribution in [2.24, 2.45) is 11.7 Å². The highest BCUT2D eigenvalue weighted by Gasteiger charge is 2.37. The number of nitrogens with zero attached hydrogens (tertiary/aromatic N) is 1. The quantitative estimate of drug-likeness (QED) is 0.795. The van der Waals surface area contributed by atoms with E-state index in [1.165, 1.54) is 0 Å². The van der Waals surface area contributed by atoms with Crippen LogP contribution < -0.4 is 10.5 Å². The molecule has 3 nitrogen and oxygen atoms in total. The molecule has 1 aromatic rings. The Morgan fingerprint density at radius 3 is 2.29 bits per heavy atom. The van der Waals surface area contributed by atoms with Gasteiger partial charge < -0.3 is 10.5 Å². The van der Waals surface area contributed by atoms with Crippen molar-refractivity contribution in [3.8, 4) is 5.75 Å². The maximum atomic E-state index is 6.94. The van der Waals surface area contributed by atoms with E-state index >= 15 is 0 Å². The van der Waals surface area contributed by atoms with E-state index in [0.29, 0.717) is 5.92 Å². The number of likely N-dealkylation sites (N-methyl/N-ethyl adjacent to an activating group) is 1. The molecule has 1 aromatic carbocycles. The zero-order chi connectivity index (χ0) is 16.0. The van der Waals surface area contributed by atoms with Crippen LogP contribution in [0, 0.1) is 5.92 Å². The van der Waals surface area contributed by atoms with Crippen molar-refractivity contribution < 1.29 is 4.74 Å². The molecule has 21 heavy (non-hydrogen) atoms. The lowest BCUT2D eigenvalue weighted by Gasteiger charge is -2.43. The van der Waals surface area contributed by atoms with Crippen LogP contribution in [-0.2, 0) is 5.54 Å². The maximum absolute atomic E-state index is 6.94. The van der Waals surface area contributed by atoms with Gasteiger partial charge in [-0.05, 0) is 50.0 Å². The number of ether oxygens (including phenoxy) is 1. The molecule has 1 rings (SSSR count). The molecule has 0 aliphatic rings. The van der Waals surface area contributed by atoms with Crippen molar-refractivity contribution in [3.05, 3.63) is 29.8 Å². The summed E-state index contributed by atoms with van der Waals surface area (Å²) >= 11 is 0. The van der Waals surface area contributed by atoms with Crippen LogP contribution in [-0.4, -0.2) is 31.1 Å². The molecule has 120 valence electrons. The molecular weight excluding hydrogens is 260 g/mol. The van der Waals surface area contributed by atoms with E-state index in [1.807, 2.05) is 12.1 Å². The van der Waals surface area contributed by atoms with Gasteiger partial charge >= 0.3 is 0 Å². The second-order valence-electron chi connectivity index (χ2n) is 6.27. The Labute approximate surface area is 130 Å². The molecule has 3 heteroatoms. The Kier molecular flexibility index (Phi) is 6.69. The first-order valence-corrected chi connectivity index (χ1v) is 8.06. The number of methoxy groups -OCH3 is 1. The third kappa shape index (κ3) is 4.21. The van der Waals surface area contributed by atoms with Crippen molar-refractivity contribution >= 4 is 0 Å². The normalized spacial score (nSPS) is 16.0. The molecule has 0 saturated carbocycles. The fourth-order valence-electron chi connectivity index (χ4n) is 3.21. The number of rotatable bonds is 8. The topological polar surface area (TPSA) is 38.5 Å². The third-order valence-electron chi connectivity index (χ3n) is 4.46. The predicted molar refractivity (Wildman–Crippen MR) is 90.7 cm³/mol. The van der Waals surface area contributed by atoms with Gasteiger partial charge in [-0.1, -0.05) is 39.8 Å². The summed E-state index contributed by atoms with van der Waals surface area (Å²) in [6, 6.07) is 8.50. The van der Waals surface area contributed by atoms with Gasteiger partial charge in [-0.2, -0.15) is 0 Å². The molecule has 0 fully saturated rings. The summed E-state index contributed by atoms with van der Waals surface area (Å²) in [5.74, 6) is 1.41. The summed E-state index contributed by atoms with van der Waals surface area (Å²) in [5, 5.41) is 0. The number of hydrogen-bond acceptors (Lipinski definition) is 3. The van der Waals surface area contributed by atoms with Crippen LogP contribution in [0.5, 0.6) is 5.75 Å². The predicted octanol–water partition coefficient (Wildman–Crippen LogP) is 3.63. The Balaban J connectivity index is 3.24. The minimum absolute atomic E-state index is 0.280. The first-order chi connectivity index (χ1) is 9.88. The van der Waals surface area contributed by atoms with E-state index in [1.54, 1.807) is 7.11 Å². The second-order valence-corrected chi connectivity index (χ2v) is 6.27. The van der Waals surface area contributed by atoms with Crippen LogP contribution in [0.3, 0.4) is 0 Å². The molecule has 0 aromatic heterocycles. The summed E-state index contributed by atoms with van der Waals surface area (Å²) in [7, 11) is 1.70. The highest BCUT2D eigenvalue weighted by atomic mass is 16.5. The van der Waals surface area contributed by atoms with E-state index in [9.17, 15) is 0 Å². The first-order valence-electron chi connectivity index (χ1n) is 8.06. The molecule has 0 radical (unpaired) electrons. The average Bonchev–Trinajstić information content (AvgIpc) is 2.47. The van der Waals surface area contributed by atoms with Crippen molar-refractivity contribution in [3.63, 3.8) is 0 Å². The van der Waals surface area contributed by atoms with E-state index in [4.69, 9.17) is 10.5 Å². The van der Waals surface area contributed by atoms with Gasteiger partial charge in [0.25, 0.3) is 0 Å². The molecule has 0 saturated heterocycles. The summed E-state index contributed by atoms with van der Waals surface area (Å²) in [6.45, 7) is 13.1. The fourth-order valence-corrected chi connectivity index (χ4v) is 3.21. The smallest absolute Gasteiger partial charge is 0.119 e. The van der Waals surface area contributed by atoms with Gasteiger partial charge in [0.2, 0.25) is 0 Å². The molecule has 0 bridgehead atoms. The fraction of sp³-hybridized carbons (Fsp3) is 0.667. The van der Waals surface area contributed by atoms with Gasteiger partial charge in [-0.15, -0.1) is 0 Å². The third-order valence-corrected chi connectivity index (χ3v) is 4.46. The van der Waals surface area contributed by atoms with Crippen LogP contribution >= 0.6 is 0 Å². The molecule has 2 unspecified atom stereocenters. The number of nitrogens with two attached hydrogens (primary N) is 1. The minimum atomic E-state index is -0.366. The molecule has 0 spiro atoms. The summed E-state index contributed by atoms with van der Waals surface area (Å²) in [4.78, 5) is 2.43. The Morgan fingerprint density at radius 1 is 1.19 bits per heavy atom. The van der Waals surface area contributed by atoms with Crippen LogP contribution in [0.15, 0.2) is 24.3 Å². The standard InChI is InChI=1S/C18H32N2O/c1-7-20(8-2)15(5)18(19,13-14(3)4)16-10-9-11-17(12-16)21-6/h9-12,14-15H,7-8,13,19H2,1-6H3. The van der Waals surface area contributed by atoms with Crippen molar-refractivity contribution in [1.82, 2.24) is 4.90 Å². The van der Waals surface area contributed by atoms with Gasteiger partial charge in [-0.3, -0.25) is 4.90 Å². The first kappa shape index (κ1) is 18.0. The largest absolute Gasteiger partial charge is 0.497 e. The SMILES string of the molecule is CCN(CC)C(C)C(N)(CC(C)C)c1cccc(OC)c1. The van der Waals surface area contributed by atoms with Crippen molar-refractivity contribution in [1.29, 1.82) is 0 Å². The lowest BCUT2D eigenvalue weighted by Crippen LogP contribution is -2.55. The molecule has 2 N–H and O–H groups in total. The highest BCUT2D eigenvalue weighted by molar-refractivity contribution is 5.34. The zero-order valence-electron chi connectivity index (χ0n) is 14.5. The van der Waals surface area contributed by atoms with Crippen LogP contribution in [0.2, 0.25) is 0 Å². The van der Waals surface area contributed by atoms with Gasteiger partial charge in [0.15, 0.2) is 0 Å². The monoisotopic (exact) mass is 292 g/mol. The van der Waals surface area contributed by atoms with Crippen LogP contribution in [0.1, 0.15) is 46.6 Å². The molecular formula is C18H32N2O. The molecule has 0 aliphatic carbocycles. The maximum Gasteiger partial charge on any atom is 0.119 e. The molecule has 2 atom stereocenters. The lowest BCUT2D eigenvalue weighted by atomic mass is 9.77. The van der Waals surface area contributed by atoms with Gasteiger partial charge in [0.05, 0.1) is 12.6 Å². The summed E-state index contributed by atoms with van der Waals surface area (Å²) in [5.41, 5.74) is 7.74. The van der Waals surface area contributed by atoms with Gasteiger partial charge in [-0.25, -0.2) is 0 Å². The second kappa shape index (κ2) is 7.81. The van der Waals surface area contributed by atoms with E-state index in [-0.39, 0.29) is 11.6 Å². The zero-order valence-corrected chi connectivity index (χ0v) is 14.5. The number of hydrogen-bond donors (Lipinski definition) is 1. The lowest BCUT2D eigenvalue weighted by molar-refractivity contribution is 0.126. The van der Waals surface area contributed by atoms with Gasteiger partial charge in [0, 0.05) is 6.04 Å². The molecule has 0 aliphatic heterocycles. The van der Waals surface area contributed by atoms with E-state index in [0.717, 1.165) is 30.8 Å². The molecule has 0 heterocycles. The Bertz CT molecular complexity index is 429. The molecule has 0 amide bonds.